The standard InChI is InChI=1S/C22H26BrN3O3/c23-21-19(7-4-12-24)26(25-22(21)18-5-2-1-3-6-18)13-16-8-10-17(11-9-16)14-29-15-20(27)28/h1-3,5-6,16-17H,4,7-11,13-15H2,(H,27,28)/t16-,17-. The minimum atomic E-state index is -0.915. The maximum atomic E-state index is 10.6. The molecule has 1 aliphatic carbocycles. The van der Waals surface area contributed by atoms with Gasteiger partial charge in [-0.2, -0.15) is 10.4 Å². The first-order valence-corrected chi connectivity index (χ1v) is 10.8. The van der Waals surface area contributed by atoms with Crippen LogP contribution in [0, 0.1) is 23.2 Å². The third-order valence-electron chi connectivity index (χ3n) is 5.49. The predicted molar refractivity (Wildman–Crippen MR) is 113 cm³/mol. The lowest BCUT2D eigenvalue weighted by atomic mass is 9.82. The number of carbonyl (C=O) groups is 1. The van der Waals surface area contributed by atoms with Gasteiger partial charge in [0.2, 0.25) is 0 Å². The van der Waals surface area contributed by atoms with Crippen LogP contribution in [-0.4, -0.2) is 34.1 Å². The van der Waals surface area contributed by atoms with Crippen LogP contribution in [-0.2, 0) is 22.5 Å². The largest absolute Gasteiger partial charge is 0.480 e. The molecule has 0 unspecified atom stereocenters. The number of halogens is 1. The molecule has 3 rings (SSSR count). The Balaban J connectivity index is 1.66. The second kappa shape index (κ2) is 10.6. The molecule has 1 fully saturated rings. The smallest absolute Gasteiger partial charge is 0.329 e. The van der Waals surface area contributed by atoms with Crippen molar-refractivity contribution in [3.05, 3.63) is 40.5 Å². The number of hydrogen-bond acceptors (Lipinski definition) is 4. The summed E-state index contributed by atoms with van der Waals surface area (Å²) in [6.45, 7) is 1.15. The van der Waals surface area contributed by atoms with Crippen LogP contribution >= 0.6 is 15.9 Å². The van der Waals surface area contributed by atoms with Gasteiger partial charge < -0.3 is 9.84 Å². The molecular weight excluding hydrogens is 434 g/mol. The maximum absolute atomic E-state index is 10.6. The summed E-state index contributed by atoms with van der Waals surface area (Å²) < 4.78 is 8.33. The number of carboxylic acids is 1. The monoisotopic (exact) mass is 459 g/mol. The molecule has 7 heteroatoms. The van der Waals surface area contributed by atoms with Gasteiger partial charge in [-0.15, -0.1) is 0 Å². The highest BCUT2D eigenvalue weighted by Crippen LogP contribution is 2.34. The van der Waals surface area contributed by atoms with Gasteiger partial charge in [-0.3, -0.25) is 4.68 Å². The van der Waals surface area contributed by atoms with Gasteiger partial charge in [-0.1, -0.05) is 30.3 Å². The van der Waals surface area contributed by atoms with Crippen LogP contribution in [0.15, 0.2) is 34.8 Å². The number of aliphatic carboxylic acids is 1. The van der Waals surface area contributed by atoms with Crippen molar-refractivity contribution in [2.24, 2.45) is 11.8 Å². The second-order valence-corrected chi connectivity index (χ2v) is 8.40. The molecule has 0 saturated heterocycles. The van der Waals surface area contributed by atoms with E-state index in [4.69, 9.17) is 20.2 Å². The van der Waals surface area contributed by atoms with Crippen LogP contribution < -0.4 is 0 Å². The van der Waals surface area contributed by atoms with Gasteiger partial charge in [0.15, 0.2) is 0 Å². The predicted octanol–water partition coefficient (Wildman–Crippen LogP) is 4.68. The number of aromatic nitrogens is 2. The van der Waals surface area contributed by atoms with E-state index in [1.54, 1.807) is 0 Å². The van der Waals surface area contributed by atoms with Crippen molar-refractivity contribution >= 4 is 21.9 Å². The topological polar surface area (TPSA) is 88.1 Å². The third kappa shape index (κ3) is 5.91. The summed E-state index contributed by atoms with van der Waals surface area (Å²) in [6, 6.07) is 12.3. The van der Waals surface area contributed by atoms with Gasteiger partial charge >= 0.3 is 5.97 Å². The first-order valence-electron chi connectivity index (χ1n) is 10.1. The van der Waals surface area contributed by atoms with Gasteiger partial charge in [-0.05, 0) is 53.4 Å². The lowest BCUT2D eigenvalue weighted by Crippen LogP contribution is -2.23. The highest BCUT2D eigenvalue weighted by molar-refractivity contribution is 9.10. The first-order chi connectivity index (χ1) is 14.1. The summed E-state index contributed by atoms with van der Waals surface area (Å²) in [6.07, 6.45) is 5.40. The summed E-state index contributed by atoms with van der Waals surface area (Å²) in [7, 11) is 0. The van der Waals surface area contributed by atoms with Crippen molar-refractivity contribution in [2.45, 2.75) is 45.1 Å². The van der Waals surface area contributed by atoms with Gasteiger partial charge in [0.05, 0.1) is 22.8 Å². The lowest BCUT2D eigenvalue weighted by Gasteiger charge is -2.28. The molecule has 0 spiro atoms. The minimum absolute atomic E-state index is 0.217. The number of benzene rings is 1. The van der Waals surface area contributed by atoms with Gasteiger partial charge in [0, 0.05) is 24.9 Å². The molecule has 0 radical (unpaired) electrons. The van der Waals surface area contributed by atoms with Crippen molar-refractivity contribution in [3.63, 3.8) is 0 Å². The van der Waals surface area contributed by atoms with E-state index in [0.29, 0.717) is 31.3 Å². The zero-order valence-corrected chi connectivity index (χ0v) is 18.0. The van der Waals surface area contributed by atoms with Crippen LogP contribution in [0.1, 0.15) is 37.8 Å². The molecule has 1 aliphatic rings. The Morgan fingerprint density at radius 1 is 1.24 bits per heavy atom. The number of nitriles is 1. The normalized spacial score (nSPS) is 19.0. The SMILES string of the molecule is N#CCCc1c(Br)c(-c2ccccc2)nn1C[C@H]1CC[C@H](COCC(=O)O)CC1. The van der Waals surface area contributed by atoms with Crippen molar-refractivity contribution in [2.75, 3.05) is 13.2 Å². The van der Waals surface area contributed by atoms with E-state index in [-0.39, 0.29) is 6.61 Å². The van der Waals surface area contributed by atoms with E-state index in [9.17, 15) is 4.79 Å². The Bertz CT molecular complexity index is 852. The van der Waals surface area contributed by atoms with Crippen molar-refractivity contribution in [3.8, 4) is 17.3 Å². The Morgan fingerprint density at radius 3 is 2.59 bits per heavy atom. The fraction of sp³-hybridized carbons (Fsp3) is 0.500. The Hall–Kier alpha value is -2.17. The molecule has 0 atom stereocenters. The number of rotatable bonds is 9. The molecule has 2 aromatic rings. The van der Waals surface area contributed by atoms with Crippen molar-refractivity contribution in [1.82, 2.24) is 9.78 Å². The van der Waals surface area contributed by atoms with E-state index >= 15 is 0 Å². The molecule has 29 heavy (non-hydrogen) atoms. The van der Waals surface area contributed by atoms with E-state index in [1.165, 1.54) is 0 Å². The van der Waals surface area contributed by atoms with Crippen LogP contribution in [0.25, 0.3) is 11.3 Å². The molecule has 6 nitrogen and oxygen atoms in total. The molecule has 154 valence electrons. The summed E-state index contributed by atoms with van der Waals surface area (Å²) in [5.74, 6) is 0.0527. The zero-order chi connectivity index (χ0) is 20.6. The highest BCUT2D eigenvalue weighted by Gasteiger charge is 2.24. The average molecular weight is 460 g/mol. The van der Waals surface area contributed by atoms with Crippen LogP contribution in [0.2, 0.25) is 0 Å². The fourth-order valence-electron chi connectivity index (χ4n) is 3.96. The molecule has 1 aromatic heterocycles. The number of nitrogens with zero attached hydrogens (tertiary/aromatic N) is 3. The van der Waals surface area contributed by atoms with E-state index in [0.717, 1.165) is 53.7 Å². The first kappa shape index (κ1) is 21.5. The zero-order valence-electron chi connectivity index (χ0n) is 16.4. The average Bonchev–Trinajstić information content (AvgIpc) is 3.03. The summed E-state index contributed by atoms with van der Waals surface area (Å²) in [4.78, 5) is 10.6. The maximum Gasteiger partial charge on any atom is 0.329 e. The third-order valence-corrected chi connectivity index (χ3v) is 6.32. The number of carboxylic acid groups (broad SMARTS) is 1. The molecule has 1 heterocycles. The number of ether oxygens (including phenoxy) is 1. The van der Waals surface area contributed by atoms with Gasteiger partial charge in [-0.25, -0.2) is 4.79 Å². The van der Waals surface area contributed by atoms with Gasteiger partial charge in [0.1, 0.15) is 12.3 Å². The Morgan fingerprint density at radius 2 is 1.93 bits per heavy atom. The molecular formula is C22H26BrN3O3. The quantitative estimate of drug-likeness (QED) is 0.587. The molecule has 1 N–H and O–H groups in total. The summed E-state index contributed by atoms with van der Waals surface area (Å²) in [5.41, 5.74) is 3.07. The van der Waals surface area contributed by atoms with Gasteiger partial charge in [0.25, 0.3) is 0 Å². The molecule has 0 bridgehead atoms. The molecule has 1 saturated carbocycles. The molecule has 0 amide bonds. The van der Waals surface area contributed by atoms with E-state index in [2.05, 4.69) is 26.7 Å². The highest BCUT2D eigenvalue weighted by atomic mass is 79.9. The fourth-order valence-corrected chi connectivity index (χ4v) is 4.67. The van der Waals surface area contributed by atoms with Crippen LogP contribution in [0.4, 0.5) is 0 Å². The Kier molecular flexibility index (Phi) is 7.84. The van der Waals surface area contributed by atoms with Crippen molar-refractivity contribution in [1.29, 1.82) is 5.26 Å². The van der Waals surface area contributed by atoms with E-state index < -0.39 is 5.97 Å². The van der Waals surface area contributed by atoms with E-state index in [1.807, 2.05) is 30.3 Å². The minimum Gasteiger partial charge on any atom is -0.480 e. The van der Waals surface area contributed by atoms with Crippen molar-refractivity contribution < 1.29 is 14.6 Å². The van der Waals surface area contributed by atoms with Crippen LogP contribution in [0.5, 0.6) is 0 Å². The van der Waals surface area contributed by atoms with Crippen LogP contribution in [0.3, 0.4) is 0 Å². The molecule has 0 aliphatic heterocycles. The summed E-state index contributed by atoms with van der Waals surface area (Å²) in [5, 5.41) is 22.6. The lowest BCUT2D eigenvalue weighted by molar-refractivity contribution is -0.142. The second-order valence-electron chi connectivity index (χ2n) is 7.61. The summed E-state index contributed by atoms with van der Waals surface area (Å²) >= 11 is 3.73. The Labute approximate surface area is 179 Å². The number of hydrogen-bond donors (Lipinski definition) is 1. The molecule has 1 aromatic carbocycles.